The highest BCUT2D eigenvalue weighted by Crippen LogP contribution is 2.29. The number of carbonyl (C=O) groups is 2. The minimum Gasteiger partial charge on any atom is -0.326 e. The zero-order valence-electron chi connectivity index (χ0n) is 19.5. The summed E-state index contributed by atoms with van der Waals surface area (Å²) in [6.07, 6.45) is 0. The van der Waals surface area contributed by atoms with Crippen LogP contribution in [0.5, 0.6) is 0 Å². The van der Waals surface area contributed by atoms with E-state index in [9.17, 15) is 19.2 Å². The van der Waals surface area contributed by atoms with Crippen LogP contribution in [0.2, 0.25) is 5.02 Å². The summed E-state index contributed by atoms with van der Waals surface area (Å²) in [6.45, 7) is 1.41. The molecule has 12 heteroatoms. The summed E-state index contributed by atoms with van der Waals surface area (Å²) in [4.78, 5) is 58.3. The molecule has 2 aromatic carbocycles. The molecule has 0 saturated carbocycles. The molecule has 0 aliphatic heterocycles. The summed E-state index contributed by atoms with van der Waals surface area (Å²) < 4.78 is 2.24. The molecule has 36 heavy (non-hydrogen) atoms. The lowest BCUT2D eigenvalue weighted by Gasteiger charge is -2.12. The van der Waals surface area contributed by atoms with Crippen molar-refractivity contribution in [2.24, 2.45) is 14.1 Å². The molecule has 4 rings (SSSR count). The topological polar surface area (TPSA) is 128 Å². The van der Waals surface area contributed by atoms with Gasteiger partial charge in [0, 0.05) is 38.0 Å². The van der Waals surface area contributed by atoms with E-state index in [1.165, 1.54) is 25.6 Å². The molecule has 2 heterocycles. The first-order chi connectivity index (χ1) is 17.2. The van der Waals surface area contributed by atoms with Gasteiger partial charge in [-0.3, -0.25) is 23.5 Å². The molecule has 0 saturated heterocycles. The van der Waals surface area contributed by atoms with Crippen molar-refractivity contribution in [3.8, 4) is 11.4 Å². The lowest BCUT2D eigenvalue weighted by molar-refractivity contribution is -0.114. The van der Waals surface area contributed by atoms with Gasteiger partial charge in [0.05, 0.1) is 10.8 Å². The highest BCUT2D eigenvalue weighted by atomic mass is 35.5. The standard InChI is InChI=1S/C24H21ClN6O4S/c1-13(32)26-14-8-10-15(11-9-14)27-18(33)12-36-22-19-21(30(2)24(35)31(3)23(19)34)28-20(29-22)16-6-4-5-7-17(16)25/h4-11H,12H2,1-3H3,(H,26,32)(H,27,33). The van der Waals surface area contributed by atoms with Crippen LogP contribution in [-0.2, 0) is 23.7 Å². The molecule has 10 nitrogen and oxygen atoms in total. The Labute approximate surface area is 214 Å². The second kappa shape index (κ2) is 10.3. The third-order valence-electron chi connectivity index (χ3n) is 5.21. The van der Waals surface area contributed by atoms with Crippen molar-refractivity contribution in [1.29, 1.82) is 0 Å². The fourth-order valence-electron chi connectivity index (χ4n) is 3.47. The number of carbonyl (C=O) groups excluding carboxylic acids is 2. The summed E-state index contributed by atoms with van der Waals surface area (Å²) in [6, 6.07) is 13.6. The molecule has 0 bridgehead atoms. The Balaban J connectivity index is 1.67. The number of hydrogen-bond acceptors (Lipinski definition) is 7. The maximum Gasteiger partial charge on any atom is 0.332 e. The van der Waals surface area contributed by atoms with E-state index in [4.69, 9.17) is 11.6 Å². The molecule has 184 valence electrons. The molecule has 0 atom stereocenters. The van der Waals surface area contributed by atoms with Gasteiger partial charge >= 0.3 is 5.69 Å². The first-order valence-corrected chi connectivity index (χ1v) is 12.0. The van der Waals surface area contributed by atoms with Gasteiger partial charge in [0.25, 0.3) is 5.56 Å². The van der Waals surface area contributed by atoms with Gasteiger partial charge in [-0.25, -0.2) is 14.8 Å². The van der Waals surface area contributed by atoms with Crippen LogP contribution in [-0.4, -0.2) is 36.7 Å². The molecule has 0 aliphatic rings. The number of thioether (sulfide) groups is 1. The van der Waals surface area contributed by atoms with Crippen molar-refractivity contribution < 1.29 is 9.59 Å². The Morgan fingerprint density at radius 1 is 0.944 bits per heavy atom. The van der Waals surface area contributed by atoms with Crippen molar-refractivity contribution in [2.45, 2.75) is 11.9 Å². The fourth-order valence-corrected chi connectivity index (χ4v) is 4.50. The van der Waals surface area contributed by atoms with E-state index in [-0.39, 0.29) is 39.5 Å². The van der Waals surface area contributed by atoms with Crippen molar-refractivity contribution in [1.82, 2.24) is 19.1 Å². The molecule has 0 radical (unpaired) electrons. The maximum atomic E-state index is 13.0. The number of nitrogens with one attached hydrogen (secondary N) is 2. The SMILES string of the molecule is CC(=O)Nc1ccc(NC(=O)CSc2nc(-c3ccccc3Cl)nc3c2c(=O)n(C)c(=O)n3C)cc1. The molecule has 0 spiro atoms. The number of nitrogens with zero attached hydrogens (tertiary/aromatic N) is 4. The zero-order chi connectivity index (χ0) is 26.0. The lowest BCUT2D eigenvalue weighted by atomic mass is 10.2. The van der Waals surface area contributed by atoms with Gasteiger partial charge in [0.1, 0.15) is 10.4 Å². The van der Waals surface area contributed by atoms with E-state index in [0.717, 1.165) is 16.3 Å². The minimum absolute atomic E-state index is 0.0620. The average Bonchev–Trinajstić information content (AvgIpc) is 2.85. The van der Waals surface area contributed by atoms with Crippen molar-refractivity contribution >= 4 is 57.6 Å². The van der Waals surface area contributed by atoms with Crippen molar-refractivity contribution in [3.05, 3.63) is 74.4 Å². The molecule has 2 amide bonds. The highest BCUT2D eigenvalue weighted by molar-refractivity contribution is 8.00. The van der Waals surface area contributed by atoms with Crippen LogP contribution in [0.3, 0.4) is 0 Å². The smallest absolute Gasteiger partial charge is 0.326 e. The number of rotatable bonds is 6. The molecule has 0 fully saturated rings. The van der Waals surface area contributed by atoms with Crippen LogP contribution < -0.4 is 21.9 Å². The monoisotopic (exact) mass is 524 g/mol. The minimum atomic E-state index is -0.560. The van der Waals surface area contributed by atoms with Crippen LogP contribution in [0, 0.1) is 0 Å². The van der Waals surface area contributed by atoms with Gasteiger partial charge in [0.2, 0.25) is 11.8 Å². The third-order valence-corrected chi connectivity index (χ3v) is 6.52. The predicted molar refractivity (Wildman–Crippen MR) is 141 cm³/mol. The van der Waals surface area contributed by atoms with Gasteiger partial charge in [-0.15, -0.1) is 0 Å². The fraction of sp³-hybridized carbons (Fsp3) is 0.167. The first kappa shape index (κ1) is 25.1. The summed E-state index contributed by atoms with van der Waals surface area (Å²) in [5.41, 5.74) is 0.723. The highest BCUT2D eigenvalue weighted by Gasteiger charge is 2.20. The second-order valence-electron chi connectivity index (χ2n) is 7.83. The van der Waals surface area contributed by atoms with Crippen LogP contribution in [0.1, 0.15) is 6.92 Å². The normalized spacial score (nSPS) is 10.9. The number of benzene rings is 2. The number of aromatic nitrogens is 4. The van der Waals surface area contributed by atoms with E-state index in [1.54, 1.807) is 48.5 Å². The Morgan fingerprint density at radius 2 is 1.58 bits per heavy atom. The largest absolute Gasteiger partial charge is 0.332 e. The van der Waals surface area contributed by atoms with E-state index < -0.39 is 11.2 Å². The van der Waals surface area contributed by atoms with E-state index in [0.29, 0.717) is 22.0 Å². The average molecular weight is 525 g/mol. The van der Waals surface area contributed by atoms with E-state index >= 15 is 0 Å². The van der Waals surface area contributed by atoms with Gasteiger partial charge in [-0.1, -0.05) is 35.5 Å². The zero-order valence-corrected chi connectivity index (χ0v) is 21.1. The van der Waals surface area contributed by atoms with Crippen LogP contribution >= 0.6 is 23.4 Å². The number of amides is 2. The van der Waals surface area contributed by atoms with Crippen molar-refractivity contribution in [2.75, 3.05) is 16.4 Å². The number of aryl methyl sites for hydroxylation is 1. The molecule has 2 aromatic heterocycles. The van der Waals surface area contributed by atoms with Gasteiger partial charge in [-0.05, 0) is 36.4 Å². The molecule has 2 N–H and O–H groups in total. The molecular weight excluding hydrogens is 504 g/mol. The van der Waals surface area contributed by atoms with Crippen molar-refractivity contribution in [3.63, 3.8) is 0 Å². The number of fused-ring (bicyclic) bond motifs is 1. The molecular formula is C24H21ClN6O4S. The summed E-state index contributed by atoms with van der Waals surface area (Å²) >= 11 is 7.39. The van der Waals surface area contributed by atoms with Gasteiger partial charge in [0.15, 0.2) is 11.5 Å². The number of hydrogen-bond donors (Lipinski definition) is 2. The molecule has 4 aromatic rings. The Kier molecular flexibility index (Phi) is 7.22. The van der Waals surface area contributed by atoms with E-state index in [1.807, 2.05) is 0 Å². The molecule has 0 aliphatic carbocycles. The summed E-state index contributed by atoms with van der Waals surface area (Å²) in [5.74, 6) is -0.360. The molecule has 0 unspecified atom stereocenters. The second-order valence-corrected chi connectivity index (χ2v) is 9.20. The summed E-state index contributed by atoms with van der Waals surface area (Å²) in [5, 5.41) is 6.21. The van der Waals surface area contributed by atoms with Crippen LogP contribution in [0.15, 0.2) is 63.1 Å². The summed E-state index contributed by atoms with van der Waals surface area (Å²) in [7, 11) is 2.89. The first-order valence-electron chi connectivity index (χ1n) is 10.7. The Morgan fingerprint density at radius 3 is 2.22 bits per heavy atom. The Hall–Kier alpha value is -3.96. The quantitative estimate of drug-likeness (QED) is 0.293. The maximum absolute atomic E-state index is 13.0. The Bertz CT molecular complexity index is 1610. The predicted octanol–water partition coefficient (Wildman–Crippen LogP) is 3.04. The lowest BCUT2D eigenvalue weighted by Crippen LogP contribution is -2.37. The number of halogens is 1. The van der Waals surface area contributed by atoms with Crippen LogP contribution in [0.4, 0.5) is 11.4 Å². The number of anilines is 2. The van der Waals surface area contributed by atoms with Crippen LogP contribution in [0.25, 0.3) is 22.4 Å². The van der Waals surface area contributed by atoms with Gasteiger partial charge < -0.3 is 10.6 Å². The third kappa shape index (κ3) is 5.16. The van der Waals surface area contributed by atoms with E-state index in [2.05, 4.69) is 20.6 Å². The van der Waals surface area contributed by atoms with Gasteiger partial charge in [-0.2, -0.15) is 0 Å².